The number of nitrogens with one attached hydrogen (secondary N) is 1. The minimum absolute atomic E-state index is 0.392. The number of aromatic nitrogens is 2. The summed E-state index contributed by atoms with van der Waals surface area (Å²) in [6, 6.07) is 2.51. The summed E-state index contributed by atoms with van der Waals surface area (Å²) in [5.41, 5.74) is 0.784. The van der Waals surface area contributed by atoms with Crippen molar-refractivity contribution in [1.82, 2.24) is 9.97 Å². The molecule has 0 amide bonds. The number of nitrogens with zero attached hydrogens (tertiary/aromatic N) is 2. The van der Waals surface area contributed by atoms with Crippen molar-refractivity contribution in [3.05, 3.63) is 16.5 Å². The van der Waals surface area contributed by atoms with Crippen molar-refractivity contribution in [2.75, 3.05) is 5.32 Å². The number of hydrogen-bond acceptors (Lipinski definition) is 3. The normalized spacial score (nSPS) is 24.8. The molecule has 0 aliphatic heterocycles. The van der Waals surface area contributed by atoms with Gasteiger partial charge in [0.2, 0.25) is 0 Å². The van der Waals surface area contributed by atoms with Gasteiger partial charge in [-0.1, -0.05) is 27.7 Å². The summed E-state index contributed by atoms with van der Waals surface area (Å²) in [6.45, 7) is 9.53. The van der Waals surface area contributed by atoms with Gasteiger partial charge < -0.3 is 5.32 Å². The second-order valence-electron chi connectivity index (χ2n) is 8.46. The van der Waals surface area contributed by atoms with E-state index in [1.807, 2.05) is 6.07 Å². The summed E-state index contributed by atoms with van der Waals surface area (Å²) < 4.78 is 0.899. The SMILES string of the molecule is CC1(C)CC(Nc2cc(Br)nc(C3CC3)n2)CC(C)(C)C1. The summed E-state index contributed by atoms with van der Waals surface area (Å²) in [4.78, 5) is 9.24. The molecule has 3 rings (SSSR count). The van der Waals surface area contributed by atoms with E-state index in [0.717, 1.165) is 16.2 Å². The van der Waals surface area contributed by atoms with Crippen LogP contribution in [0.5, 0.6) is 0 Å². The molecule has 1 heterocycles. The van der Waals surface area contributed by atoms with Gasteiger partial charge in [0, 0.05) is 18.0 Å². The van der Waals surface area contributed by atoms with Crippen LogP contribution in [0.15, 0.2) is 10.7 Å². The Labute approximate surface area is 136 Å². The third-order valence-electron chi connectivity index (χ3n) is 4.56. The smallest absolute Gasteiger partial charge is 0.135 e. The Morgan fingerprint density at radius 3 is 2.29 bits per heavy atom. The zero-order valence-corrected chi connectivity index (χ0v) is 15.1. The predicted molar refractivity (Wildman–Crippen MR) is 90.5 cm³/mol. The van der Waals surface area contributed by atoms with Gasteiger partial charge >= 0.3 is 0 Å². The Hall–Kier alpha value is -0.640. The van der Waals surface area contributed by atoms with Gasteiger partial charge in [0.1, 0.15) is 16.2 Å². The molecule has 0 aromatic carbocycles. The molecular weight excluding hydrogens is 326 g/mol. The first-order valence-corrected chi connectivity index (χ1v) is 8.83. The molecule has 2 aliphatic carbocycles. The molecule has 1 aromatic heterocycles. The van der Waals surface area contributed by atoms with Gasteiger partial charge in [-0.15, -0.1) is 0 Å². The van der Waals surface area contributed by atoms with E-state index in [4.69, 9.17) is 4.98 Å². The van der Waals surface area contributed by atoms with Crippen LogP contribution in [0.25, 0.3) is 0 Å². The van der Waals surface area contributed by atoms with Crippen LogP contribution in [0.3, 0.4) is 0 Å². The van der Waals surface area contributed by atoms with Gasteiger partial charge in [0.15, 0.2) is 0 Å². The third-order valence-corrected chi connectivity index (χ3v) is 4.97. The van der Waals surface area contributed by atoms with E-state index >= 15 is 0 Å². The molecule has 21 heavy (non-hydrogen) atoms. The van der Waals surface area contributed by atoms with Crippen LogP contribution in [-0.2, 0) is 0 Å². The van der Waals surface area contributed by atoms with E-state index in [1.165, 1.54) is 32.1 Å². The quantitative estimate of drug-likeness (QED) is 0.766. The van der Waals surface area contributed by atoms with Crippen LogP contribution in [0.1, 0.15) is 71.5 Å². The van der Waals surface area contributed by atoms with Crippen molar-refractivity contribution >= 4 is 21.7 Å². The second kappa shape index (κ2) is 5.22. The molecule has 0 saturated heterocycles. The molecule has 0 bridgehead atoms. The maximum atomic E-state index is 4.73. The van der Waals surface area contributed by atoms with Crippen LogP contribution in [0.2, 0.25) is 0 Å². The Kier molecular flexibility index (Phi) is 3.79. The van der Waals surface area contributed by atoms with Crippen molar-refractivity contribution in [1.29, 1.82) is 0 Å². The molecule has 116 valence electrons. The molecule has 2 fully saturated rings. The lowest BCUT2D eigenvalue weighted by atomic mass is 9.63. The second-order valence-corrected chi connectivity index (χ2v) is 9.28. The van der Waals surface area contributed by atoms with Gasteiger partial charge in [0.25, 0.3) is 0 Å². The van der Waals surface area contributed by atoms with E-state index in [1.54, 1.807) is 0 Å². The molecule has 4 heteroatoms. The minimum Gasteiger partial charge on any atom is -0.367 e. The van der Waals surface area contributed by atoms with Gasteiger partial charge in [-0.3, -0.25) is 0 Å². The highest BCUT2D eigenvalue weighted by molar-refractivity contribution is 9.10. The lowest BCUT2D eigenvalue weighted by Crippen LogP contribution is -2.40. The fourth-order valence-corrected chi connectivity index (χ4v) is 4.59. The fraction of sp³-hybridized carbons (Fsp3) is 0.765. The first kappa shape index (κ1) is 15.3. The zero-order valence-electron chi connectivity index (χ0n) is 13.5. The fourth-order valence-electron chi connectivity index (χ4n) is 4.19. The van der Waals surface area contributed by atoms with Crippen LogP contribution in [-0.4, -0.2) is 16.0 Å². The lowest BCUT2D eigenvalue weighted by Gasteiger charge is -2.45. The maximum Gasteiger partial charge on any atom is 0.135 e. The topological polar surface area (TPSA) is 37.8 Å². The van der Waals surface area contributed by atoms with E-state index in [-0.39, 0.29) is 0 Å². The number of rotatable bonds is 3. The monoisotopic (exact) mass is 351 g/mol. The van der Waals surface area contributed by atoms with E-state index in [9.17, 15) is 0 Å². The predicted octanol–water partition coefficient (Wildman–Crippen LogP) is 5.13. The summed E-state index contributed by atoms with van der Waals surface area (Å²) in [5, 5.41) is 3.67. The Morgan fingerprint density at radius 1 is 1.10 bits per heavy atom. The third kappa shape index (κ3) is 3.97. The van der Waals surface area contributed by atoms with Gasteiger partial charge in [-0.25, -0.2) is 9.97 Å². The molecule has 1 N–H and O–H groups in total. The molecule has 2 saturated carbocycles. The molecule has 1 aromatic rings. The molecule has 0 spiro atoms. The first-order valence-electron chi connectivity index (χ1n) is 8.04. The van der Waals surface area contributed by atoms with E-state index in [0.29, 0.717) is 22.8 Å². The van der Waals surface area contributed by atoms with Crippen LogP contribution in [0.4, 0.5) is 5.82 Å². The Balaban J connectivity index is 1.76. The summed E-state index contributed by atoms with van der Waals surface area (Å²) in [6.07, 6.45) is 6.17. The largest absolute Gasteiger partial charge is 0.367 e. The van der Waals surface area contributed by atoms with Crippen LogP contribution < -0.4 is 5.32 Å². The average molecular weight is 352 g/mol. The number of hydrogen-bond donors (Lipinski definition) is 1. The standard InChI is InChI=1S/C17H26BrN3/c1-16(2)8-12(9-17(3,4)10-16)19-14-7-13(18)20-15(21-14)11-5-6-11/h7,11-12H,5-6,8-10H2,1-4H3,(H,19,20,21). The highest BCUT2D eigenvalue weighted by atomic mass is 79.9. The van der Waals surface area contributed by atoms with Crippen molar-refractivity contribution in [3.8, 4) is 0 Å². The van der Waals surface area contributed by atoms with Gasteiger partial charge in [0.05, 0.1) is 0 Å². The van der Waals surface area contributed by atoms with E-state index < -0.39 is 0 Å². The highest BCUT2D eigenvalue weighted by Gasteiger charge is 2.38. The number of halogens is 1. The summed E-state index contributed by atoms with van der Waals surface area (Å²) in [5.74, 6) is 2.57. The number of anilines is 1. The summed E-state index contributed by atoms with van der Waals surface area (Å²) >= 11 is 3.53. The van der Waals surface area contributed by atoms with E-state index in [2.05, 4.69) is 53.9 Å². The Bertz CT molecular complexity index is 519. The molecule has 2 aliphatic rings. The molecule has 0 radical (unpaired) electrons. The van der Waals surface area contributed by atoms with Gasteiger partial charge in [-0.2, -0.15) is 0 Å². The first-order chi connectivity index (χ1) is 9.72. The maximum absolute atomic E-state index is 4.73. The molecular formula is C17H26BrN3. The van der Waals surface area contributed by atoms with Gasteiger partial charge in [-0.05, 0) is 58.9 Å². The van der Waals surface area contributed by atoms with Crippen molar-refractivity contribution in [3.63, 3.8) is 0 Å². The average Bonchev–Trinajstić information content (AvgIpc) is 3.06. The highest BCUT2D eigenvalue weighted by Crippen LogP contribution is 2.46. The minimum atomic E-state index is 0.392. The van der Waals surface area contributed by atoms with Crippen molar-refractivity contribution in [2.45, 2.75) is 71.8 Å². The van der Waals surface area contributed by atoms with Crippen molar-refractivity contribution in [2.24, 2.45) is 10.8 Å². The molecule has 0 unspecified atom stereocenters. The molecule has 3 nitrogen and oxygen atoms in total. The van der Waals surface area contributed by atoms with Crippen LogP contribution in [0, 0.1) is 10.8 Å². The molecule has 0 atom stereocenters. The van der Waals surface area contributed by atoms with Crippen LogP contribution >= 0.6 is 15.9 Å². The zero-order chi connectivity index (χ0) is 15.3. The summed E-state index contributed by atoms with van der Waals surface area (Å²) in [7, 11) is 0. The Morgan fingerprint density at radius 2 is 1.71 bits per heavy atom. The lowest BCUT2D eigenvalue weighted by molar-refractivity contribution is 0.105. The van der Waals surface area contributed by atoms with Crippen molar-refractivity contribution < 1.29 is 0 Å².